The van der Waals surface area contributed by atoms with Gasteiger partial charge in [-0.25, -0.2) is 4.98 Å². The SMILES string of the molecule is C[C@]12CCCc3c(-c4ncn[nH]4)c(-c4ccccc4)c(=O)n(c31)-c1ccccc12. The van der Waals surface area contributed by atoms with Gasteiger partial charge in [-0.3, -0.25) is 14.5 Å². The number of hydrogen-bond acceptors (Lipinski definition) is 3. The number of aromatic amines is 1. The van der Waals surface area contributed by atoms with Crippen LogP contribution in [-0.4, -0.2) is 19.7 Å². The summed E-state index contributed by atoms with van der Waals surface area (Å²) in [5.41, 5.74) is 6.96. The van der Waals surface area contributed by atoms with Gasteiger partial charge in [-0.05, 0) is 48.9 Å². The maximum atomic E-state index is 14.0. The van der Waals surface area contributed by atoms with Crippen LogP contribution in [-0.2, 0) is 11.8 Å². The van der Waals surface area contributed by atoms with Crippen LogP contribution in [0.15, 0.2) is 65.7 Å². The minimum absolute atomic E-state index is 0.0134. The second-order valence-corrected chi connectivity index (χ2v) is 8.12. The molecule has 0 saturated carbocycles. The molecule has 1 N–H and O–H groups in total. The van der Waals surface area contributed by atoms with E-state index in [2.05, 4.69) is 40.3 Å². The van der Waals surface area contributed by atoms with E-state index in [0.717, 1.165) is 41.8 Å². The van der Waals surface area contributed by atoms with Crippen molar-refractivity contribution in [3.63, 3.8) is 0 Å². The Bertz CT molecular complexity index is 1300. The Morgan fingerprint density at radius 3 is 2.62 bits per heavy atom. The Hall–Kier alpha value is -3.47. The molecule has 2 aliphatic rings. The predicted octanol–water partition coefficient (Wildman–Crippen LogP) is 4.25. The van der Waals surface area contributed by atoms with Crippen molar-refractivity contribution in [2.75, 3.05) is 0 Å². The van der Waals surface area contributed by atoms with Crippen molar-refractivity contribution in [2.24, 2.45) is 0 Å². The van der Waals surface area contributed by atoms with Crippen LogP contribution in [0.4, 0.5) is 0 Å². The molecule has 142 valence electrons. The van der Waals surface area contributed by atoms with Crippen LogP contribution in [0.2, 0.25) is 0 Å². The topological polar surface area (TPSA) is 63.6 Å². The van der Waals surface area contributed by atoms with Crippen LogP contribution >= 0.6 is 0 Å². The Morgan fingerprint density at radius 1 is 1.03 bits per heavy atom. The van der Waals surface area contributed by atoms with Gasteiger partial charge in [-0.15, -0.1) is 0 Å². The van der Waals surface area contributed by atoms with Gasteiger partial charge in [0.2, 0.25) is 0 Å². The molecule has 0 bridgehead atoms. The van der Waals surface area contributed by atoms with Gasteiger partial charge >= 0.3 is 0 Å². The second kappa shape index (κ2) is 5.77. The molecule has 0 unspecified atom stereocenters. The number of fused-ring (bicyclic) bond motifs is 3. The molecule has 0 fully saturated rings. The molecule has 5 nitrogen and oxygen atoms in total. The number of hydrogen-bond donors (Lipinski definition) is 1. The smallest absolute Gasteiger partial charge is 0.263 e. The summed E-state index contributed by atoms with van der Waals surface area (Å²) in [5, 5.41) is 7.10. The Kier molecular flexibility index (Phi) is 3.28. The van der Waals surface area contributed by atoms with Crippen LogP contribution in [0, 0.1) is 0 Å². The molecule has 29 heavy (non-hydrogen) atoms. The molecule has 5 heteroatoms. The summed E-state index contributed by atoms with van der Waals surface area (Å²) in [5.74, 6) is 0.666. The lowest BCUT2D eigenvalue weighted by Crippen LogP contribution is -2.32. The van der Waals surface area contributed by atoms with E-state index in [-0.39, 0.29) is 11.0 Å². The number of benzene rings is 2. The summed E-state index contributed by atoms with van der Waals surface area (Å²) in [6.07, 6.45) is 4.55. The average Bonchev–Trinajstić information content (AvgIpc) is 3.37. The van der Waals surface area contributed by atoms with E-state index in [1.54, 1.807) is 0 Å². The first kappa shape index (κ1) is 16.5. The van der Waals surface area contributed by atoms with E-state index >= 15 is 0 Å². The van der Waals surface area contributed by atoms with Crippen molar-refractivity contribution in [3.05, 3.63) is 88.1 Å². The van der Waals surface area contributed by atoms with E-state index in [4.69, 9.17) is 0 Å². The molecule has 0 amide bonds. The fraction of sp³-hybridized carbons (Fsp3) is 0.208. The summed E-state index contributed by atoms with van der Waals surface area (Å²) in [6, 6.07) is 18.3. The zero-order valence-electron chi connectivity index (χ0n) is 16.1. The third-order valence-corrected chi connectivity index (χ3v) is 6.56. The zero-order chi connectivity index (χ0) is 19.6. The Balaban J connectivity index is 1.83. The van der Waals surface area contributed by atoms with E-state index in [0.29, 0.717) is 11.4 Å². The second-order valence-electron chi connectivity index (χ2n) is 8.12. The highest BCUT2D eigenvalue weighted by Gasteiger charge is 2.45. The van der Waals surface area contributed by atoms with Gasteiger partial charge in [0.1, 0.15) is 6.33 Å². The first-order valence-electron chi connectivity index (χ1n) is 10.0. The summed E-state index contributed by atoms with van der Waals surface area (Å²) >= 11 is 0. The molecule has 2 aromatic carbocycles. The van der Waals surface area contributed by atoms with Crippen molar-refractivity contribution >= 4 is 0 Å². The van der Waals surface area contributed by atoms with Crippen molar-refractivity contribution in [1.29, 1.82) is 0 Å². The summed E-state index contributed by atoms with van der Waals surface area (Å²) in [4.78, 5) is 18.5. The Morgan fingerprint density at radius 2 is 1.83 bits per heavy atom. The lowest BCUT2D eigenvalue weighted by molar-refractivity contribution is 0.462. The van der Waals surface area contributed by atoms with Crippen LogP contribution < -0.4 is 5.56 Å². The van der Waals surface area contributed by atoms with Crippen molar-refractivity contribution in [1.82, 2.24) is 19.7 Å². The van der Waals surface area contributed by atoms with Gasteiger partial charge in [0.25, 0.3) is 5.56 Å². The minimum Gasteiger partial charge on any atom is -0.279 e. The molecule has 6 rings (SSSR count). The molecule has 0 saturated heterocycles. The van der Waals surface area contributed by atoms with E-state index in [1.807, 2.05) is 41.0 Å². The standard InChI is InChI=1S/C24H20N4O/c1-24-13-7-10-16-20(22-25-14-26-27-22)19(15-8-3-2-4-9-15)23(29)28(21(16)24)18-12-6-5-11-17(18)24/h2-6,8-9,11-12,14H,7,10,13H2,1H3,(H,25,26,27)/t24-/m1/s1. The summed E-state index contributed by atoms with van der Waals surface area (Å²) < 4.78 is 1.96. The molecular formula is C24H20N4O. The summed E-state index contributed by atoms with van der Waals surface area (Å²) in [6.45, 7) is 2.28. The van der Waals surface area contributed by atoms with Crippen LogP contribution in [0.5, 0.6) is 0 Å². The maximum Gasteiger partial charge on any atom is 0.263 e. The third kappa shape index (κ3) is 2.07. The zero-order valence-corrected chi connectivity index (χ0v) is 16.1. The Labute approximate surface area is 168 Å². The van der Waals surface area contributed by atoms with Gasteiger partial charge in [-0.1, -0.05) is 48.5 Å². The average molecular weight is 380 g/mol. The summed E-state index contributed by atoms with van der Waals surface area (Å²) in [7, 11) is 0. The predicted molar refractivity (Wildman–Crippen MR) is 112 cm³/mol. The first-order valence-corrected chi connectivity index (χ1v) is 10.0. The van der Waals surface area contributed by atoms with Crippen LogP contribution in [0.3, 0.4) is 0 Å². The van der Waals surface area contributed by atoms with Gasteiger partial charge in [0, 0.05) is 16.7 Å². The van der Waals surface area contributed by atoms with E-state index in [1.165, 1.54) is 17.5 Å². The number of nitrogens with zero attached hydrogens (tertiary/aromatic N) is 3. The van der Waals surface area contributed by atoms with E-state index in [9.17, 15) is 4.79 Å². The van der Waals surface area contributed by atoms with Gasteiger partial charge in [0.15, 0.2) is 5.82 Å². The normalized spacial score (nSPS) is 19.1. The highest BCUT2D eigenvalue weighted by molar-refractivity contribution is 5.85. The van der Waals surface area contributed by atoms with Crippen LogP contribution in [0.25, 0.3) is 28.2 Å². The van der Waals surface area contributed by atoms with Crippen molar-refractivity contribution < 1.29 is 0 Å². The minimum atomic E-state index is -0.159. The quantitative estimate of drug-likeness (QED) is 0.566. The number of nitrogens with one attached hydrogen (secondary N) is 1. The molecule has 3 heterocycles. The van der Waals surface area contributed by atoms with Gasteiger partial charge < -0.3 is 0 Å². The molecule has 1 aliphatic heterocycles. The highest BCUT2D eigenvalue weighted by Crippen LogP contribution is 2.51. The highest BCUT2D eigenvalue weighted by atomic mass is 16.1. The lowest BCUT2D eigenvalue weighted by Gasteiger charge is -2.34. The number of aromatic nitrogens is 4. The molecule has 4 aromatic rings. The number of H-pyrrole nitrogens is 1. The molecule has 1 atom stereocenters. The molecule has 1 aliphatic carbocycles. The third-order valence-electron chi connectivity index (χ3n) is 6.56. The number of rotatable bonds is 2. The van der Waals surface area contributed by atoms with Gasteiger partial charge in [-0.2, -0.15) is 5.10 Å². The molecule has 2 aromatic heterocycles. The fourth-order valence-electron chi connectivity index (χ4n) is 5.37. The fourth-order valence-corrected chi connectivity index (χ4v) is 5.37. The van der Waals surface area contributed by atoms with Gasteiger partial charge in [0.05, 0.1) is 11.3 Å². The maximum absolute atomic E-state index is 14.0. The van der Waals surface area contributed by atoms with Crippen molar-refractivity contribution in [3.8, 4) is 28.2 Å². The first-order chi connectivity index (χ1) is 14.2. The molecule has 0 spiro atoms. The van der Waals surface area contributed by atoms with E-state index < -0.39 is 0 Å². The number of pyridine rings is 1. The largest absolute Gasteiger partial charge is 0.279 e. The lowest BCUT2D eigenvalue weighted by atomic mass is 9.70. The van der Waals surface area contributed by atoms with Crippen molar-refractivity contribution in [2.45, 2.75) is 31.6 Å². The molecule has 0 radical (unpaired) electrons. The van der Waals surface area contributed by atoms with Crippen LogP contribution in [0.1, 0.15) is 36.6 Å². The number of para-hydroxylation sites is 1. The monoisotopic (exact) mass is 380 g/mol. The molecular weight excluding hydrogens is 360 g/mol.